The molecular formula is C19H24F3N3O3. The van der Waals surface area contributed by atoms with Gasteiger partial charge < -0.3 is 19.9 Å². The number of amides is 2. The summed E-state index contributed by atoms with van der Waals surface area (Å²) in [5.41, 5.74) is 0.772. The number of alkyl halides is 3. The van der Waals surface area contributed by atoms with Crippen LogP contribution in [0, 0.1) is 0 Å². The number of aryl methyl sites for hydroxylation is 1. The molecule has 1 unspecified atom stereocenters. The number of halogens is 3. The molecule has 2 amide bonds. The van der Waals surface area contributed by atoms with Crippen molar-refractivity contribution in [2.45, 2.75) is 38.1 Å². The summed E-state index contributed by atoms with van der Waals surface area (Å²) in [4.78, 5) is 28.3. The van der Waals surface area contributed by atoms with Crippen LogP contribution in [-0.4, -0.2) is 66.7 Å². The van der Waals surface area contributed by atoms with Gasteiger partial charge in [0.25, 0.3) is 0 Å². The minimum Gasteiger partial charge on any atom is -0.406 e. The number of ether oxygens (including phenoxy) is 1. The predicted molar refractivity (Wildman–Crippen MR) is 95.6 cm³/mol. The maximum absolute atomic E-state index is 12.6. The van der Waals surface area contributed by atoms with Crippen LogP contribution in [0.5, 0.6) is 5.75 Å². The molecule has 2 saturated heterocycles. The van der Waals surface area contributed by atoms with E-state index in [0.717, 1.165) is 24.9 Å². The lowest BCUT2D eigenvalue weighted by molar-refractivity contribution is -0.274. The first-order valence-corrected chi connectivity index (χ1v) is 9.44. The first kappa shape index (κ1) is 20.4. The Hall–Kier alpha value is -2.29. The zero-order valence-electron chi connectivity index (χ0n) is 15.5. The van der Waals surface area contributed by atoms with E-state index in [2.05, 4.69) is 10.1 Å². The molecular weight excluding hydrogens is 375 g/mol. The average Bonchev–Trinajstić information content (AvgIpc) is 2.66. The second kappa shape index (κ2) is 8.81. The Kier molecular flexibility index (Phi) is 6.43. The van der Waals surface area contributed by atoms with Gasteiger partial charge >= 0.3 is 6.36 Å². The molecule has 0 spiro atoms. The lowest BCUT2D eigenvalue weighted by atomic mass is 10.0. The zero-order chi connectivity index (χ0) is 20.1. The molecule has 3 rings (SSSR count). The Labute approximate surface area is 161 Å². The Morgan fingerprint density at radius 2 is 1.96 bits per heavy atom. The summed E-state index contributed by atoms with van der Waals surface area (Å²) in [6.07, 6.45) is -2.23. The van der Waals surface area contributed by atoms with Crippen molar-refractivity contribution in [3.05, 3.63) is 29.8 Å². The Morgan fingerprint density at radius 1 is 1.21 bits per heavy atom. The summed E-state index contributed by atoms with van der Waals surface area (Å²) < 4.78 is 40.4. The van der Waals surface area contributed by atoms with Gasteiger partial charge in [0.05, 0.1) is 6.54 Å². The number of hydrogen-bond acceptors (Lipinski definition) is 4. The molecule has 2 heterocycles. The fourth-order valence-corrected chi connectivity index (χ4v) is 3.71. The van der Waals surface area contributed by atoms with E-state index in [4.69, 9.17) is 0 Å². The Balaban J connectivity index is 1.49. The Bertz CT molecular complexity index is 694. The second-order valence-corrected chi connectivity index (χ2v) is 7.09. The van der Waals surface area contributed by atoms with Crippen molar-refractivity contribution >= 4 is 11.8 Å². The number of hydrogen-bond donors (Lipinski definition) is 1. The molecule has 0 saturated carbocycles. The van der Waals surface area contributed by atoms with Gasteiger partial charge in [-0.1, -0.05) is 12.1 Å². The van der Waals surface area contributed by atoms with Gasteiger partial charge in [-0.3, -0.25) is 9.59 Å². The molecule has 28 heavy (non-hydrogen) atoms. The molecule has 0 aromatic heterocycles. The maximum Gasteiger partial charge on any atom is 0.573 e. The fourth-order valence-electron chi connectivity index (χ4n) is 3.71. The van der Waals surface area contributed by atoms with E-state index in [1.165, 1.54) is 24.3 Å². The van der Waals surface area contributed by atoms with Crippen LogP contribution in [0.4, 0.5) is 13.2 Å². The molecule has 1 aromatic carbocycles. The number of carbonyl (C=O) groups is 2. The molecule has 154 valence electrons. The topological polar surface area (TPSA) is 61.9 Å². The van der Waals surface area contributed by atoms with Gasteiger partial charge in [-0.15, -0.1) is 13.2 Å². The first-order valence-electron chi connectivity index (χ1n) is 9.44. The normalized spacial score (nSPS) is 21.0. The third kappa shape index (κ3) is 5.60. The summed E-state index contributed by atoms with van der Waals surface area (Å²) in [7, 11) is 0. The molecule has 1 N–H and O–H groups in total. The highest BCUT2D eigenvalue weighted by molar-refractivity contribution is 5.80. The van der Waals surface area contributed by atoms with E-state index in [1.807, 2.05) is 4.90 Å². The molecule has 1 aromatic rings. The van der Waals surface area contributed by atoms with E-state index in [9.17, 15) is 22.8 Å². The van der Waals surface area contributed by atoms with Crippen LogP contribution in [0.2, 0.25) is 0 Å². The van der Waals surface area contributed by atoms with E-state index < -0.39 is 6.36 Å². The van der Waals surface area contributed by atoms with E-state index in [-0.39, 0.29) is 30.0 Å². The van der Waals surface area contributed by atoms with Crippen molar-refractivity contribution in [1.82, 2.24) is 15.1 Å². The lowest BCUT2D eigenvalue weighted by Crippen LogP contribution is -2.57. The maximum atomic E-state index is 12.6. The van der Waals surface area contributed by atoms with Crippen LogP contribution in [0.25, 0.3) is 0 Å². The number of likely N-dealkylation sites (tertiary alicyclic amines) is 1. The lowest BCUT2D eigenvalue weighted by Gasteiger charge is -2.41. The van der Waals surface area contributed by atoms with Crippen LogP contribution in [0.15, 0.2) is 24.3 Å². The van der Waals surface area contributed by atoms with Crippen LogP contribution in [0.1, 0.15) is 24.8 Å². The van der Waals surface area contributed by atoms with Gasteiger partial charge in [-0.05, 0) is 37.0 Å². The minimum absolute atomic E-state index is 0.00269. The highest BCUT2D eigenvalue weighted by atomic mass is 19.4. The van der Waals surface area contributed by atoms with Gasteiger partial charge in [0.2, 0.25) is 11.8 Å². The molecule has 2 aliphatic rings. The number of benzene rings is 1. The van der Waals surface area contributed by atoms with Crippen LogP contribution in [0.3, 0.4) is 0 Å². The summed E-state index contributed by atoms with van der Waals surface area (Å²) in [5.74, 6) is -0.197. The molecule has 6 nitrogen and oxygen atoms in total. The molecule has 0 bridgehead atoms. The molecule has 0 radical (unpaired) electrons. The van der Waals surface area contributed by atoms with Gasteiger partial charge in [0, 0.05) is 38.6 Å². The monoisotopic (exact) mass is 399 g/mol. The van der Waals surface area contributed by atoms with Crippen LogP contribution in [-0.2, 0) is 16.0 Å². The molecule has 1 atom stereocenters. The van der Waals surface area contributed by atoms with Crippen molar-refractivity contribution in [1.29, 1.82) is 0 Å². The quantitative estimate of drug-likeness (QED) is 0.822. The van der Waals surface area contributed by atoms with E-state index in [1.54, 1.807) is 4.90 Å². The van der Waals surface area contributed by atoms with Crippen LogP contribution >= 0.6 is 0 Å². The minimum atomic E-state index is -4.71. The van der Waals surface area contributed by atoms with Crippen molar-refractivity contribution in [3.8, 4) is 5.75 Å². The summed E-state index contributed by atoms with van der Waals surface area (Å²) in [6.45, 7) is 3.00. The van der Waals surface area contributed by atoms with Gasteiger partial charge in [0.1, 0.15) is 5.75 Å². The van der Waals surface area contributed by atoms with Crippen LogP contribution < -0.4 is 10.1 Å². The van der Waals surface area contributed by atoms with E-state index in [0.29, 0.717) is 32.6 Å². The van der Waals surface area contributed by atoms with E-state index >= 15 is 0 Å². The molecule has 9 heteroatoms. The zero-order valence-corrected chi connectivity index (χ0v) is 15.5. The number of piperazine rings is 1. The number of nitrogens with one attached hydrogen (secondary N) is 1. The number of carbonyl (C=O) groups excluding carboxylic acids is 2. The summed E-state index contributed by atoms with van der Waals surface area (Å²) in [6, 6.07) is 5.63. The summed E-state index contributed by atoms with van der Waals surface area (Å²) in [5, 5.41) is 3.05. The number of nitrogens with zero attached hydrogens (tertiary/aromatic N) is 2. The predicted octanol–water partition coefficient (Wildman–Crippen LogP) is 1.94. The third-order valence-corrected chi connectivity index (χ3v) is 5.10. The highest BCUT2D eigenvalue weighted by Crippen LogP contribution is 2.23. The summed E-state index contributed by atoms with van der Waals surface area (Å²) >= 11 is 0. The molecule has 2 fully saturated rings. The highest BCUT2D eigenvalue weighted by Gasteiger charge is 2.32. The molecule has 2 aliphatic heterocycles. The van der Waals surface area contributed by atoms with Crippen molar-refractivity contribution in [2.75, 3.05) is 32.7 Å². The van der Waals surface area contributed by atoms with Crippen molar-refractivity contribution in [3.63, 3.8) is 0 Å². The van der Waals surface area contributed by atoms with Gasteiger partial charge in [0.15, 0.2) is 0 Å². The first-order chi connectivity index (χ1) is 13.3. The SMILES string of the molecule is O=C(CCc1ccc(OC(F)(F)F)cc1)N1CCCC(N2CCNCC2=O)C1. The van der Waals surface area contributed by atoms with Crippen molar-refractivity contribution < 1.29 is 27.5 Å². The third-order valence-electron chi connectivity index (χ3n) is 5.10. The number of piperidine rings is 1. The fraction of sp³-hybridized carbons (Fsp3) is 0.579. The second-order valence-electron chi connectivity index (χ2n) is 7.09. The number of rotatable bonds is 5. The smallest absolute Gasteiger partial charge is 0.406 e. The van der Waals surface area contributed by atoms with Gasteiger partial charge in [-0.25, -0.2) is 0 Å². The average molecular weight is 399 g/mol. The standard InChI is InChI=1S/C19H24F3N3O3/c20-19(21,22)28-16-6-3-14(4-7-16)5-8-17(26)24-10-1-2-15(13-24)25-11-9-23-12-18(25)27/h3-4,6-7,15,23H,1-2,5,8-13H2. The van der Waals surface area contributed by atoms with Gasteiger partial charge in [-0.2, -0.15) is 0 Å². The largest absolute Gasteiger partial charge is 0.573 e. The van der Waals surface area contributed by atoms with Crippen molar-refractivity contribution in [2.24, 2.45) is 0 Å². The molecule has 0 aliphatic carbocycles. The Morgan fingerprint density at radius 3 is 2.64 bits per heavy atom.